The molecule has 14 heavy (non-hydrogen) atoms. The molecule has 0 spiro atoms. The van der Waals surface area contributed by atoms with Gasteiger partial charge in [0, 0.05) is 6.42 Å². The van der Waals surface area contributed by atoms with Crippen LogP contribution in [0.3, 0.4) is 0 Å². The molecule has 0 aromatic carbocycles. The summed E-state index contributed by atoms with van der Waals surface area (Å²) in [5, 5.41) is 8.35. The number of carboxylic acids is 1. The van der Waals surface area contributed by atoms with Crippen molar-refractivity contribution < 1.29 is 29.4 Å². The van der Waals surface area contributed by atoms with Crippen LogP contribution in [-0.4, -0.2) is 11.1 Å². The van der Waals surface area contributed by atoms with Crippen LogP contribution in [0.2, 0.25) is 0 Å². The van der Waals surface area contributed by atoms with Crippen LogP contribution in [0.25, 0.3) is 0 Å². The topological polar surface area (TPSA) is 54.4 Å². The van der Waals surface area contributed by atoms with Crippen molar-refractivity contribution in [2.24, 2.45) is 0 Å². The quantitative estimate of drug-likeness (QED) is 0.670. The van der Waals surface area contributed by atoms with Gasteiger partial charge in [-0.05, 0) is 6.42 Å². The number of aliphatic carboxylic acids is 1. The molecule has 0 aliphatic carbocycles. The molecule has 1 N–H and O–H groups in total. The monoisotopic (exact) mass is 247 g/mol. The average molecular weight is 247 g/mol. The standard InChI is InChI=1S/C10H20O2.Co.O/c1-2-3-4-5-6-7-8-9-10(11)12;;/h2-9H2,1H3,(H,11,12);;. The van der Waals surface area contributed by atoms with Crippen LogP contribution in [0.15, 0.2) is 0 Å². The van der Waals surface area contributed by atoms with Crippen molar-refractivity contribution in [3.63, 3.8) is 0 Å². The Morgan fingerprint density at radius 2 is 1.43 bits per heavy atom. The van der Waals surface area contributed by atoms with Gasteiger partial charge in [-0.3, -0.25) is 4.79 Å². The van der Waals surface area contributed by atoms with Crippen molar-refractivity contribution in [3.05, 3.63) is 0 Å². The number of rotatable bonds is 8. The molecule has 0 saturated heterocycles. The SMILES string of the molecule is CCCCCCCCCC(=O)O.[O]=[Co]. The minimum absolute atomic E-state index is 0.341. The summed E-state index contributed by atoms with van der Waals surface area (Å²) in [6.45, 7) is 2.20. The fourth-order valence-corrected chi connectivity index (χ4v) is 1.23. The normalized spacial score (nSPS) is 9.00. The van der Waals surface area contributed by atoms with Gasteiger partial charge in [0.15, 0.2) is 0 Å². The first-order valence-electron chi connectivity index (χ1n) is 5.12. The van der Waals surface area contributed by atoms with Crippen LogP contribution in [0, 0.1) is 0 Å². The van der Waals surface area contributed by atoms with E-state index in [0.29, 0.717) is 6.42 Å². The van der Waals surface area contributed by atoms with Gasteiger partial charge in [0.1, 0.15) is 0 Å². The van der Waals surface area contributed by atoms with Gasteiger partial charge in [-0.2, -0.15) is 0 Å². The van der Waals surface area contributed by atoms with Crippen molar-refractivity contribution >= 4 is 5.97 Å². The molecule has 0 heterocycles. The predicted octanol–water partition coefficient (Wildman–Crippen LogP) is 3.09. The van der Waals surface area contributed by atoms with Crippen molar-refractivity contribution in [2.45, 2.75) is 58.3 Å². The molecule has 3 nitrogen and oxygen atoms in total. The van der Waals surface area contributed by atoms with Crippen molar-refractivity contribution in [3.8, 4) is 0 Å². The molecular formula is C10H20CoO3. The van der Waals surface area contributed by atoms with Gasteiger partial charge >= 0.3 is 25.5 Å². The Labute approximate surface area is 94.1 Å². The van der Waals surface area contributed by atoms with E-state index in [9.17, 15) is 4.79 Å². The van der Waals surface area contributed by atoms with Crippen LogP contribution in [0.5, 0.6) is 0 Å². The van der Waals surface area contributed by atoms with E-state index in [1.165, 1.54) is 32.1 Å². The number of carboxylic acid groups (broad SMARTS) is 1. The first kappa shape index (κ1) is 16.2. The van der Waals surface area contributed by atoms with E-state index in [-0.39, 0.29) is 0 Å². The van der Waals surface area contributed by atoms with E-state index in [0.717, 1.165) is 12.8 Å². The number of hydrogen-bond acceptors (Lipinski definition) is 2. The zero-order chi connectivity index (χ0) is 11.2. The second-order valence-corrected chi connectivity index (χ2v) is 3.27. The van der Waals surface area contributed by atoms with E-state index in [2.05, 4.69) is 22.6 Å². The first-order valence-corrected chi connectivity index (χ1v) is 5.55. The van der Waals surface area contributed by atoms with Gasteiger partial charge in [0.05, 0.1) is 0 Å². The van der Waals surface area contributed by atoms with Crippen molar-refractivity contribution in [1.82, 2.24) is 0 Å². The molecule has 0 amide bonds. The molecule has 0 aromatic rings. The molecule has 0 atom stereocenters. The zero-order valence-corrected chi connectivity index (χ0v) is 9.79. The third kappa shape index (κ3) is 17.8. The van der Waals surface area contributed by atoms with E-state index in [1.807, 2.05) is 0 Å². The molecular weight excluding hydrogens is 227 g/mol. The molecule has 0 saturated carbocycles. The minimum atomic E-state index is -0.663. The summed E-state index contributed by atoms with van der Waals surface area (Å²) >= 11 is 2.31. The van der Waals surface area contributed by atoms with Gasteiger partial charge in [-0.25, -0.2) is 0 Å². The molecule has 4 heteroatoms. The van der Waals surface area contributed by atoms with Crippen LogP contribution in [-0.2, 0) is 24.3 Å². The van der Waals surface area contributed by atoms with Crippen LogP contribution in [0.4, 0.5) is 0 Å². The van der Waals surface area contributed by atoms with Gasteiger partial charge in [0.25, 0.3) is 0 Å². The number of carbonyl (C=O) groups is 1. The third-order valence-electron chi connectivity index (χ3n) is 1.99. The summed E-state index contributed by atoms with van der Waals surface area (Å²) in [7, 11) is 0. The maximum atomic E-state index is 10.1. The molecule has 0 fully saturated rings. The first-order chi connectivity index (χ1) is 6.77. The Balaban J connectivity index is 0. The summed E-state index contributed by atoms with van der Waals surface area (Å²) in [5.74, 6) is -0.663. The number of hydrogen-bond donors (Lipinski definition) is 1. The second kappa shape index (κ2) is 15.3. The van der Waals surface area contributed by atoms with Crippen molar-refractivity contribution in [1.29, 1.82) is 0 Å². The Hall–Kier alpha value is -0.224. The number of unbranched alkanes of at least 4 members (excludes halogenated alkanes) is 6. The third-order valence-corrected chi connectivity index (χ3v) is 1.99. The molecule has 0 radical (unpaired) electrons. The Morgan fingerprint density at radius 1 is 1.00 bits per heavy atom. The van der Waals surface area contributed by atoms with Crippen LogP contribution >= 0.6 is 0 Å². The predicted molar refractivity (Wildman–Crippen MR) is 50.9 cm³/mol. The van der Waals surface area contributed by atoms with Gasteiger partial charge in [-0.15, -0.1) is 0 Å². The molecule has 0 bridgehead atoms. The Kier molecular flexibility index (Phi) is 17.7. The fourth-order valence-electron chi connectivity index (χ4n) is 1.23. The van der Waals surface area contributed by atoms with Crippen molar-refractivity contribution in [2.75, 3.05) is 0 Å². The van der Waals surface area contributed by atoms with Crippen LogP contribution in [0.1, 0.15) is 58.3 Å². The summed E-state index contributed by atoms with van der Waals surface area (Å²) in [4.78, 5) is 10.1. The van der Waals surface area contributed by atoms with Gasteiger partial charge in [0.2, 0.25) is 0 Å². The molecule has 0 aliphatic rings. The van der Waals surface area contributed by atoms with E-state index in [4.69, 9.17) is 8.97 Å². The molecule has 87 valence electrons. The molecule has 0 aliphatic heterocycles. The second-order valence-electron chi connectivity index (χ2n) is 3.27. The summed E-state index contributed by atoms with van der Waals surface area (Å²) in [5.41, 5.74) is 0. The molecule has 0 rings (SSSR count). The summed E-state index contributed by atoms with van der Waals surface area (Å²) < 4.78 is 7.94. The Bertz CT molecular complexity index is 129. The summed E-state index contributed by atoms with van der Waals surface area (Å²) in [6.07, 6.45) is 8.64. The average Bonchev–Trinajstić information content (AvgIpc) is 2.19. The Morgan fingerprint density at radius 3 is 1.86 bits per heavy atom. The van der Waals surface area contributed by atoms with E-state index < -0.39 is 5.97 Å². The molecule has 0 unspecified atom stereocenters. The van der Waals surface area contributed by atoms with Gasteiger partial charge < -0.3 is 5.11 Å². The fraction of sp³-hybridized carbons (Fsp3) is 0.900. The summed E-state index contributed by atoms with van der Waals surface area (Å²) in [6, 6.07) is 0. The van der Waals surface area contributed by atoms with E-state index in [1.54, 1.807) is 0 Å². The van der Waals surface area contributed by atoms with E-state index >= 15 is 0 Å². The molecule has 0 aromatic heterocycles. The maximum absolute atomic E-state index is 10.1. The zero-order valence-electron chi connectivity index (χ0n) is 8.75. The van der Waals surface area contributed by atoms with Crippen LogP contribution < -0.4 is 0 Å². The van der Waals surface area contributed by atoms with Gasteiger partial charge in [-0.1, -0.05) is 45.4 Å².